The Bertz CT molecular complexity index is 548. The van der Waals surface area contributed by atoms with Gasteiger partial charge >= 0.3 is 0 Å². The first kappa shape index (κ1) is 10.2. The fraction of sp³-hybridized carbons (Fsp3) is 0.133. The monoisotopic (exact) mass is 223 g/mol. The number of nitrogens with one attached hydrogen (secondary N) is 1. The third-order valence-corrected chi connectivity index (χ3v) is 3.17. The van der Waals surface area contributed by atoms with Crippen molar-refractivity contribution in [2.24, 2.45) is 0 Å². The number of carbonyl (C=O) groups excluding carboxylic acids is 1. The summed E-state index contributed by atoms with van der Waals surface area (Å²) >= 11 is 0. The average molecular weight is 223 g/mol. The summed E-state index contributed by atoms with van der Waals surface area (Å²) in [7, 11) is 0. The van der Waals surface area contributed by atoms with Crippen LogP contribution >= 0.6 is 0 Å². The van der Waals surface area contributed by atoms with Gasteiger partial charge in [-0.2, -0.15) is 0 Å². The quantitative estimate of drug-likeness (QED) is 0.805. The summed E-state index contributed by atoms with van der Waals surface area (Å²) in [6.45, 7) is 0.413. The zero-order chi connectivity index (χ0) is 11.7. The number of rotatable bonds is 1. The molecule has 0 spiro atoms. The van der Waals surface area contributed by atoms with Crippen LogP contribution in [0.2, 0.25) is 0 Å². The van der Waals surface area contributed by atoms with Crippen molar-refractivity contribution in [2.75, 3.05) is 6.54 Å². The van der Waals surface area contributed by atoms with Gasteiger partial charge in [-0.15, -0.1) is 0 Å². The third-order valence-electron chi connectivity index (χ3n) is 3.17. The van der Waals surface area contributed by atoms with Crippen molar-refractivity contribution in [3.05, 3.63) is 71.3 Å². The molecule has 84 valence electrons. The Balaban J connectivity index is 2.10. The first-order valence-electron chi connectivity index (χ1n) is 5.77. The van der Waals surface area contributed by atoms with E-state index >= 15 is 0 Å². The number of fused-ring (bicyclic) bond motifs is 1. The Morgan fingerprint density at radius 1 is 0.941 bits per heavy atom. The maximum Gasteiger partial charge on any atom is 0.176 e. The third kappa shape index (κ3) is 1.77. The predicted octanol–water partition coefficient (Wildman–Crippen LogP) is 2.56. The van der Waals surface area contributed by atoms with E-state index in [2.05, 4.69) is 17.4 Å². The van der Waals surface area contributed by atoms with Crippen LogP contribution in [0.25, 0.3) is 0 Å². The minimum Gasteiger partial charge on any atom is -0.299 e. The second-order valence-corrected chi connectivity index (χ2v) is 4.24. The molecule has 1 heterocycles. The molecular formula is C15H13NO. The highest BCUT2D eigenvalue weighted by Crippen LogP contribution is 2.28. The SMILES string of the molecule is O=C1CNC(c2ccccc2)c2ccccc21. The van der Waals surface area contributed by atoms with Crippen LogP contribution in [0.1, 0.15) is 27.5 Å². The minimum atomic E-state index is 0.130. The van der Waals surface area contributed by atoms with Gasteiger partial charge in [0.2, 0.25) is 0 Å². The van der Waals surface area contributed by atoms with Gasteiger partial charge in [-0.3, -0.25) is 10.1 Å². The van der Waals surface area contributed by atoms with Crippen LogP contribution in [0, 0.1) is 0 Å². The van der Waals surface area contributed by atoms with Crippen LogP contribution in [-0.4, -0.2) is 12.3 Å². The lowest BCUT2D eigenvalue weighted by Crippen LogP contribution is -2.35. The van der Waals surface area contributed by atoms with Crippen LogP contribution in [0.5, 0.6) is 0 Å². The first-order valence-corrected chi connectivity index (χ1v) is 5.77. The van der Waals surface area contributed by atoms with E-state index in [1.165, 1.54) is 5.56 Å². The van der Waals surface area contributed by atoms with E-state index in [-0.39, 0.29) is 11.8 Å². The molecule has 0 bridgehead atoms. The second-order valence-electron chi connectivity index (χ2n) is 4.24. The van der Waals surface area contributed by atoms with E-state index in [4.69, 9.17) is 0 Å². The van der Waals surface area contributed by atoms with E-state index in [0.29, 0.717) is 6.54 Å². The summed E-state index contributed by atoms with van der Waals surface area (Å²) in [5.41, 5.74) is 3.13. The Morgan fingerprint density at radius 2 is 1.65 bits per heavy atom. The van der Waals surface area contributed by atoms with Crippen LogP contribution in [0.3, 0.4) is 0 Å². The lowest BCUT2D eigenvalue weighted by molar-refractivity contribution is 0.0978. The van der Waals surface area contributed by atoms with E-state index in [1.807, 2.05) is 42.5 Å². The molecule has 0 amide bonds. The maximum absolute atomic E-state index is 11.8. The van der Waals surface area contributed by atoms with Crippen molar-refractivity contribution >= 4 is 5.78 Å². The number of benzene rings is 2. The molecule has 2 heteroatoms. The van der Waals surface area contributed by atoms with Gasteiger partial charge < -0.3 is 0 Å². The van der Waals surface area contributed by atoms with Gasteiger partial charge in [0, 0.05) is 5.56 Å². The molecule has 0 saturated carbocycles. The zero-order valence-electron chi connectivity index (χ0n) is 9.39. The number of carbonyl (C=O) groups is 1. The molecule has 2 aromatic rings. The Labute approximate surface area is 100 Å². The highest BCUT2D eigenvalue weighted by molar-refractivity contribution is 6.00. The molecule has 0 fully saturated rings. The average Bonchev–Trinajstić information content (AvgIpc) is 2.41. The van der Waals surface area contributed by atoms with Crippen molar-refractivity contribution in [2.45, 2.75) is 6.04 Å². The lowest BCUT2D eigenvalue weighted by atomic mass is 9.89. The summed E-state index contributed by atoms with van der Waals surface area (Å²) in [6.07, 6.45) is 0. The predicted molar refractivity (Wildman–Crippen MR) is 67.1 cm³/mol. The Kier molecular flexibility index (Phi) is 2.50. The van der Waals surface area contributed by atoms with Gasteiger partial charge in [-0.1, -0.05) is 54.6 Å². The molecule has 1 unspecified atom stereocenters. The standard InChI is InChI=1S/C15H13NO/c17-14-10-16-15(11-6-2-1-3-7-11)13-9-5-4-8-12(13)14/h1-9,15-16H,10H2. The molecular weight excluding hydrogens is 210 g/mol. The second kappa shape index (κ2) is 4.15. The molecule has 1 aliphatic rings. The zero-order valence-corrected chi connectivity index (χ0v) is 9.39. The lowest BCUT2D eigenvalue weighted by Gasteiger charge is -2.26. The largest absolute Gasteiger partial charge is 0.299 e. The summed E-state index contributed by atoms with van der Waals surface area (Å²) < 4.78 is 0. The van der Waals surface area contributed by atoms with Gasteiger partial charge in [0.1, 0.15) is 0 Å². The van der Waals surface area contributed by atoms with Crippen LogP contribution in [0.4, 0.5) is 0 Å². The fourth-order valence-electron chi connectivity index (χ4n) is 2.35. The summed E-state index contributed by atoms with van der Waals surface area (Å²) in [5, 5.41) is 3.29. The van der Waals surface area contributed by atoms with Crippen LogP contribution in [-0.2, 0) is 0 Å². The van der Waals surface area contributed by atoms with Crippen molar-refractivity contribution < 1.29 is 4.79 Å². The van der Waals surface area contributed by atoms with Crippen molar-refractivity contribution in [3.63, 3.8) is 0 Å². The van der Waals surface area contributed by atoms with Gasteiger partial charge in [0.15, 0.2) is 5.78 Å². The highest BCUT2D eigenvalue weighted by atomic mass is 16.1. The molecule has 0 radical (unpaired) electrons. The van der Waals surface area contributed by atoms with Gasteiger partial charge in [-0.05, 0) is 11.1 Å². The Morgan fingerprint density at radius 3 is 2.47 bits per heavy atom. The molecule has 0 saturated heterocycles. The van der Waals surface area contributed by atoms with Crippen molar-refractivity contribution in [3.8, 4) is 0 Å². The molecule has 2 aromatic carbocycles. The fourth-order valence-corrected chi connectivity index (χ4v) is 2.35. The van der Waals surface area contributed by atoms with Gasteiger partial charge in [0.05, 0.1) is 12.6 Å². The molecule has 0 aliphatic carbocycles. The molecule has 1 aliphatic heterocycles. The molecule has 0 aromatic heterocycles. The molecule has 3 rings (SSSR count). The van der Waals surface area contributed by atoms with E-state index in [1.54, 1.807) is 0 Å². The number of ketones is 1. The normalized spacial score (nSPS) is 18.8. The smallest absolute Gasteiger partial charge is 0.176 e. The topological polar surface area (TPSA) is 29.1 Å². The minimum absolute atomic E-state index is 0.130. The molecule has 1 N–H and O–H groups in total. The van der Waals surface area contributed by atoms with E-state index in [9.17, 15) is 4.79 Å². The van der Waals surface area contributed by atoms with Gasteiger partial charge in [-0.25, -0.2) is 0 Å². The van der Waals surface area contributed by atoms with E-state index < -0.39 is 0 Å². The summed E-state index contributed by atoms with van der Waals surface area (Å²) in [6, 6.07) is 18.2. The van der Waals surface area contributed by atoms with E-state index in [0.717, 1.165) is 11.1 Å². The molecule has 2 nitrogen and oxygen atoms in total. The van der Waals surface area contributed by atoms with Crippen LogP contribution < -0.4 is 5.32 Å². The van der Waals surface area contributed by atoms with Crippen molar-refractivity contribution in [1.82, 2.24) is 5.32 Å². The summed E-state index contributed by atoms with van der Waals surface area (Å²) in [5.74, 6) is 0.174. The number of hydrogen-bond acceptors (Lipinski definition) is 2. The Hall–Kier alpha value is -1.93. The highest BCUT2D eigenvalue weighted by Gasteiger charge is 2.25. The van der Waals surface area contributed by atoms with Crippen LogP contribution in [0.15, 0.2) is 54.6 Å². The number of Topliss-reactive ketones (excluding diaryl/α,β-unsaturated/α-hetero) is 1. The number of hydrogen-bond donors (Lipinski definition) is 1. The van der Waals surface area contributed by atoms with Crippen molar-refractivity contribution in [1.29, 1.82) is 0 Å². The molecule has 1 atom stereocenters. The first-order chi connectivity index (χ1) is 8.36. The molecule has 17 heavy (non-hydrogen) atoms. The van der Waals surface area contributed by atoms with Gasteiger partial charge in [0.25, 0.3) is 0 Å². The summed E-state index contributed by atoms with van der Waals surface area (Å²) in [4.78, 5) is 11.8. The maximum atomic E-state index is 11.8.